The molecule has 0 saturated carbocycles. The second-order valence-electron chi connectivity index (χ2n) is 13.9. The summed E-state index contributed by atoms with van der Waals surface area (Å²) in [4.78, 5) is 60.9. The predicted octanol–water partition coefficient (Wildman–Crippen LogP) is 5.81. The average Bonchev–Trinajstić information content (AvgIpc) is 3.58. The molecule has 0 aliphatic rings. The topological polar surface area (TPSA) is 141 Å². The summed E-state index contributed by atoms with van der Waals surface area (Å²) < 4.78 is 6.18. The van der Waals surface area contributed by atoms with Crippen molar-refractivity contribution in [2.24, 2.45) is 17.8 Å². The molecule has 2 aromatic rings. The Kier molecular flexibility index (Phi) is 18.1. The highest BCUT2D eigenvalue weighted by Crippen LogP contribution is 2.31. The number of thiazole rings is 1. The van der Waals surface area contributed by atoms with Gasteiger partial charge in [0.05, 0.1) is 12.0 Å². The molecule has 50 heavy (non-hydrogen) atoms. The Bertz CT molecular complexity index is 1350. The first-order chi connectivity index (χ1) is 23.6. The third-order valence-electron chi connectivity index (χ3n) is 9.58. The summed E-state index contributed by atoms with van der Waals surface area (Å²) >= 11 is 1.33. The number of hydrogen-bond donors (Lipinski definition) is 3. The first-order valence-electron chi connectivity index (χ1n) is 18.1. The van der Waals surface area contributed by atoms with E-state index in [0.29, 0.717) is 24.5 Å². The maximum atomic E-state index is 14.1. The summed E-state index contributed by atoms with van der Waals surface area (Å²) in [6.07, 6.45) is 2.40. The molecule has 11 nitrogen and oxygen atoms in total. The van der Waals surface area contributed by atoms with Gasteiger partial charge in [0.2, 0.25) is 11.8 Å². The van der Waals surface area contributed by atoms with Gasteiger partial charge in [0, 0.05) is 37.5 Å². The SMILES string of the molecule is CCCN(C)[C@@H](C)C(=O)N[C@H](C(=O)N(C)[C@H](CC(OCC)c1nc(C(=O)N[C@@H](Cc2ccccc2)C[C@H](C)C(=O)O)cs1)C(C)C)[C@@H](C)CC. The molecule has 0 aliphatic carbocycles. The fourth-order valence-electron chi connectivity index (χ4n) is 6.04. The van der Waals surface area contributed by atoms with Gasteiger partial charge in [-0.05, 0) is 64.1 Å². The summed E-state index contributed by atoms with van der Waals surface area (Å²) in [6, 6.07) is 7.97. The number of aromatic nitrogens is 1. The summed E-state index contributed by atoms with van der Waals surface area (Å²) in [5.74, 6) is -2.25. The number of benzene rings is 1. The van der Waals surface area contributed by atoms with Crippen LogP contribution in [0.1, 0.15) is 108 Å². The van der Waals surface area contributed by atoms with Gasteiger partial charge in [-0.1, -0.05) is 78.3 Å². The molecule has 0 aliphatic heterocycles. The van der Waals surface area contributed by atoms with Gasteiger partial charge in [-0.3, -0.25) is 24.1 Å². The Morgan fingerprint density at radius 2 is 1.62 bits per heavy atom. The van der Waals surface area contributed by atoms with Crippen LogP contribution in [-0.4, -0.2) is 95.0 Å². The van der Waals surface area contributed by atoms with Crippen LogP contribution in [0.5, 0.6) is 0 Å². The molecule has 3 N–H and O–H groups in total. The van der Waals surface area contributed by atoms with Crippen molar-refractivity contribution < 1.29 is 29.0 Å². The number of likely N-dealkylation sites (N-methyl/N-ethyl adjacent to an activating group) is 2. The minimum Gasteiger partial charge on any atom is -0.481 e. The lowest BCUT2D eigenvalue weighted by Crippen LogP contribution is -2.57. The normalized spacial score (nSPS) is 15.8. The van der Waals surface area contributed by atoms with Crippen LogP contribution in [0.4, 0.5) is 0 Å². The van der Waals surface area contributed by atoms with Gasteiger partial charge in [0.1, 0.15) is 22.8 Å². The molecular weight excluding hydrogens is 655 g/mol. The van der Waals surface area contributed by atoms with Crippen LogP contribution < -0.4 is 10.6 Å². The van der Waals surface area contributed by atoms with Gasteiger partial charge in [0.15, 0.2) is 0 Å². The number of nitrogens with one attached hydrogen (secondary N) is 2. The van der Waals surface area contributed by atoms with E-state index in [1.165, 1.54) is 11.3 Å². The van der Waals surface area contributed by atoms with Crippen LogP contribution in [0.3, 0.4) is 0 Å². The van der Waals surface area contributed by atoms with Crippen molar-refractivity contribution in [3.05, 3.63) is 52.0 Å². The standard InChI is InChI=1S/C38H61N5O6S/c1-11-19-42(9)27(8)34(44)41-33(25(6)12-2)37(46)43(10)31(24(4)5)22-32(49-13-3)36-40-30(23-50-36)35(45)39-29(20-26(7)38(47)48)21-28-17-15-14-16-18-28/h14-18,23-27,29,31-33H,11-13,19-22H2,1-10H3,(H,39,45)(H,41,44)(H,47,48)/t25-,26-,27-,29+,31+,32?,33-/m0/s1. The Balaban J connectivity index is 2.27. The van der Waals surface area contributed by atoms with Crippen LogP contribution in [0.25, 0.3) is 0 Å². The highest BCUT2D eigenvalue weighted by molar-refractivity contribution is 7.09. The molecule has 1 aromatic heterocycles. The molecular formula is C38H61N5O6S. The molecule has 1 heterocycles. The number of nitrogens with zero attached hydrogens (tertiary/aromatic N) is 3. The Morgan fingerprint density at radius 3 is 2.18 bits per heavy atom. The van der Waals surface area contributed by atoms with Crippen molar-refractivity contribution in [2.75, 3.05) is 27.2 Å². The second-order valence-corrected chi connectivity index (χ2v) is 14.8. The quantitative estimate of drug-likeness (QED) is 0.139. The van der Waals surface area contributed by atoms with E-state index < -0.39 is 30.1 Å². The van der Waals surface area contributed by atoms with Gasteiger partial charge in [0.25, 0.3) is 5.91 Å². The van der Waals surface area contributed by atoms with Crippen molar-refractivity contribution in [3.8, 4) is 0 Å². The molecule has 1 aromatic carbocycles. The first kappa shape index (κ1) is 42.8. The number of aliphatic carboxylic acids is 1. The minimum atomic E-state index is -0.914. The van der Waals surface area contributed by atoms with Crippen molar-refractivity contribution in [1.82, 2.24) is 25.4 Å². The number of ether oxygens (including phenoxy) is 1. The van der Waals surface area contributed by atoms with Crippen LogP contribution in [0, 0.1) is 17.8 Å². The monoisotopic (exact) mass is 715 g/mol. The summed E-state index contributed by atoms with van der Waals surface area (Å²) in [6.45, 7) is 16.8. The second kappa shape index (κ2) is 21.1. The highest BCUT2D eigenvalue weighted by Gasteiger charge is 2.36. The van der Waals surface area contributed by atoms with E-state index in [4.69, 9.17) is 4.74 Å². The van der Waals surface area contributed by atoms with Gasteiger partial charge in [-0.15, -0.1) is 11.3 Å². The van der Waals surface area contributed by atoms with Gasteiger partial charge >= 0.3 is 5.97 Å². The van der Waals surface area contributed by atoms with Crippen molar-refractivity contribution in [3.63, 3.8) is 0 Å². The number of hydrogen-bond acceptors (Lipinski definition) is 8. The maximum Gasteiger partial charge on any atom is 0.306 e. The van der Waals surface area contributed by atoms with E-state index >= 15 is 0 Å². The zero-order chi connectivity index (χ0) is 37.5. The molecule has 0 fully saturated rings. The first-order valence-corrected chi connectivity index (χ1v) is 18.9. The summed E-state index contributed by atoms with van der Waals surface area (Å²) in [7, 11) is 3.70. The highest BCUT2D eigenvalue weighted by atomic mass is 32.1. The minimum absolute atomic E-state index is 0.0625. The van der Waals surface area contributed by atoms with Crippen molar-refractivity contribution in [2.45, 2.75) is 118 Å². The molecule has 280 valence electrons. The average molecular weight is 716 g/mol. The summed E-state index contributed by atoms with van der Waals surface area (Å²) in [5.41, 5.74) is 1.24. The maximum absolute atomic E-state index is 14.1. The number of carboxylic acids is 1. The van der Waals surface area contributed by atoms with Crippen LogP contribution >= 0.6 is 11.3 Å². The number of carboxylic acid groups (broad SMARTS) is 1. The lowest BCUT2D eigenvalue weighted by atomic mass is 9.93. The number of carbonyl (C=O) groups is 4. The summed E-state index contributed by atoms with van der Waals surface area (Å²) in [5, 5.41) is 17.9. The molecule has 0 saturated heterocycles. The van der Waals surface area contributed by atoms with Gasteiger partial charge in [-0.2, -0.15) is 0 Å². The number of amides is 3. The molecule has 0 spiro atoms. The number of carbonyl (C=O) groups excluding carboxylic acids is 3. The predicted molar refractivity (Wildman–Crippen MR) is 199 cm³/mol. The van der Waals surface area contributed by atoms with E-state index in [1.54, 1.807) is 24.3 Å². The van der Waals surface area contributed by atoms with E-state index in [-0.39, 0.29) is 53.8 Å². The molecule has 0 bridgehead atoms. The van der Waals surface area contributed by atoms with Gasteiger partial charge in [-0.25, -0.2) is 4.98 Å². The lowest BCUT2D eigenvalue weighted by molar-refractivity contribution is -0.141. The fourth-order valence-corrected chi connectivity index (χ4v) is 6.90. The number of rotatable bonds is 22. The molecule has 3 amide bonds. The van der Waals surface area contributed by atoms with Crippen molar-refractivity contribution >= 4 is 35.0 Å². The molecule has 1 unspecified atom stereocenters. The van der Waals surface area contributed by atoms with E-state index in [0.717, 1.165) is 24.9 Å². The zero-order valence-corrected chi connectivity index (χ0v) is 32.6. The van der Waals surface area contributed by atoms with Crippen molar-refractivity contribution in [1.29, 1.82) is 0 Å². The molecule has 2 rings (SSSR count). The van der Waals surface area contributed by atoms with Gasteiger partial charge < -0.3 is 25.4 Å². The van der Waals surface area contributed by atoms with Crippen LogP contribution in [0.2, 0.25) is 0 Å². The third kappa shape index (κ3) is 12.8. The van der Waals surface area contributed by atoms with E-state index in [2.05, 4.69) is 36.4 Å². The molecule has 7 atom stereocenters. The Morgan fingerprint density at radius 1 is 0.960 bits per heavy atom. The Labute approximate surface area is 303 Å². The Hall–Kier alpha value is -3.35. The molecule has 0 radical (unpaired) electrons. The zero-order valence-electron chi connectivity index (χ0n) is 31.8. The third-order valence-corrected chi connectivity index (χ3v) is 10.5. The van der Waals surface area contributed by atoms with Crippen LogP contribution in [-0.2, 0) is 25.5 Å². The van der Waals surface area contributed by atoms with Crippen LogP contribution in [0.15, 0.2) is 35.7 Å². The van der Waals surface area contributed by atoms with E-state index in [1.807, 2.05) is 70.0 Å². The fraction of sp³-hybridized carbons (Fsp3) is 0.658. The van der Waals surface area contributed by atoms with E-state index in [9.17, 15) is 24.3 Å². The lowest BCUT2D eigenvalue weighted by Gasteiger charge is -2.37. The smallest absolute Gasteiger partial charge is 0.306 e. The largest absolute Gasteiger partial charge is 0.481 e. The molecule has 12 heteroatoms.